The average molecular weight is 537 g/mol. The van der Waals surface area contributed by atoms with Gasteiger partial charge in [-0.05, 0) is 29.0 Å². The van der Waals surface area contributed by atoms with Gasteiger partial charge in [0.2, 0.25) is 0 Å². The zero-order valence-corrected chi connectivity index (χ0v) is 28.4. The van der Waals surface area contributed by atoms with Crippen molar-refractivity contribution in [1.82, 2.24) is 0 Å². The number of rotatable bonds is 3. The van der Waals surface area contributed by atoms with Crippen LogP contribution in [0.5, 0.6) is 0 Å². The SMILES string of the molecule is CC.CC.CC.CC.CCC.CCC1CCCCC1.CCc1ccccc1.c1ccc(-c2ccccc2)cc1. The summed E-state index contributed by atoms with van der Waals surface area (Å²) in [4.78, 5) is 0. The lowest BCUT2D eigenvalue weighted by Gasteiger charge is -2.18. The summed E-state index contributed by atoms with van der Waals surface area (Å²) in [6.07, 6.45) is 11.3. The van der Waals surface area contributed by atoms with E-state index in [4.69, 9.17) is 0 Å². The molecule has 39 heavy (non-hydrogen) atoms. The highest BCUT2D eigenvalue weighted by Gasteiger charge is 2.09. The van der Waals surface area contributed by atoms with Crippen molar-refractivity contribution in [2.24, 2.45) is 5.92 Å². The lowest BCUT2D eigenvalue weighted by molar-refractivity contribution is 0.349. The quantitative estimate of drug-likeness (QED) is 0.312. The highest BCUT2D eigenvalue weighted by Crippen LogP contribution is 2.25. The molecule has 0 unspecified atom stereocenters. The van der Waals surface area contributed by atoms with Crippen molar-refractivity contribution >= 4 is 0 Å². The summed E-state index contributed by atoms with van der Waals surface area (Å²) in [5.74, 6) is 1.09. The molecule has 1 aliphatic rings. The third-order valence-corrected chi connectivity index (χ3v) is 5.43. The minimum Gasteiger partial charge on any atom is -0.0683 e. The molecule has 3 aromatic rings. The average Bonchev–Trinajstić information content (AvgIpc) is 3.07. The normalized spacial score (nSPS) is 10.8. The Labute approximate surface area is 247 Å². The molecule has 0 atom stereocenters. The van der Waals surface area contributed by atoms with E-state index < -0.39 is 0 Å². The van der Waals surface area contributed by atoms with E-state index in [1.165, 1.54) is 61.6 Å². The first kappa shape index (κ1) is 43.7. The largest absolute Gasteiger partial charge is 0.0683 e. The monoisotopic (exact) mass is 537 g/mol. The van der Waals surface area contributed by atoms with Crippen LogP contribution in [0.15, 0.2) is 91.0 Å². The molecular weight excluding hydrogens is 468 g/mol. The van der Waals surface area contributed by atoms with Gasteiger partial charge in [0, 0.05) is 0 Å². The Kier molecular flexibility index (Phi) is 45.0. The summed E-state index contributed by atoms with van der Waals surface area (Å²) in [5, 5.41) is 0. The molecule has 0 radical (unpaired) electrons. The fraction of sp³-hybridized carbons (Fsp3) is 0.538. The van der Waals surface area contributed by atoms with E-state index in [0.717, 1.165) is 12.3 Å². The third-order valence-electron chi connectivity index (χ3n) is 5.43. The fourth-order valence-electron chi connectivity index (χ4n) is 3.57. The predicted molar refractivity (Wildman–Crippen MR) is 186 cm³/mol. The van der Waals surface area contributed by atoms with Gasteiger partial charge in [0.1, 0.15) is 0 Å². The Bertz CT molecular complexity index is 687. The topological polar surface area (TPSA) is 0 Å². The summed E-state index contributed by atoms with van der Waals surface area (Å²) >= 11 is 0. The van der Waals surface area contributed by atoms with Gasteiger partial charge in [-0.25, -0.2) is 0 Å². The third kappa shape index (κ3) is 28.5. The Morgan fingerprint density at radius 3 is 1.00 bits per heavy atom. The van der Waals surface area contributed by atoms with Gasteiger partial charge >= 0.3 is 0 Å². The lowest BCUT2D eigenvalue weighted by Crippen LogP contribution is -2.03. The molecule has 1 aliphatic carbocycles. The molecule has 0 saturated heterocycles. The second-order valence-electron chi connectivity index (χ2n) is 8.19. The van der Waals surface area contributed by atoms with Gasteiger partial charge < -0.3 is 0 Å². The van der Waals surface area contributed by atoms with Crippen molar-refractivity contribution in [1.29, 1.82) is 0 Å². The Balaban J connectivity index is -0.000000203. The molecule has 0 heteroatoms. The summed E-state index contributed by atoms with van der Waals surface area (Å²) < 4.78 is 0. The molecule has 0 aliphatic heterocycles. The summed E-state index contributed by atoms with van der Waals surface area (Å²) in [6, 6.07) is 31.2. The number of benzene rings is 3. The first-order valence-electron chi connectivity index (χ1n) is 16.4. The fourth-order valence-corrected chi connectivity index (χ4v) is 3.57. The van der Waals surface area contributed by atoms with E-state index in [1.54, 1.807) is 0 Å². The molecule has 0 heterocycles. The van der Waals surface area contributed by atoms with E-state index in [-0.39, 0.29) is 0 Å². The highest BCUT2D eigenvalue weighted by molar-refractivity contribution is 5.62. The van der Waals surface area contributed by atoms with E-state index in [1.807, 2.05) is 73.6 Å². The smallest absolute Gasteiger partial charge is 0.0184 e. The van der Waals surface area contributed by atoms with Crippen LogP contribution < -0.4 is 0 Å². The maximum Gasteiger partial charge on any atom is -0.0184 e. The predicted octanol–water partition coefficient (Wildman–Crippen LogP) is 14.1. The van der Waals surface area contributed by atoms with Crippen LogP contribution in [0.25, 0.3) is 11.1 Å². The van der Waals surface area contributed by atoms with E-state index in [9.17, 15) is 0 Å². The molecule has 0 aromatic heterocycles. The van der Waals surface area contributed by atoms with E-state index in [2.05, 4.69) is 100 Å². The van der Waals surface area contributed by atoms with E-state index >= 15 is 0 Å². The Morgan fingerprint density at radius 1 is 0.462 bits per heavy atom. The molecule has 0 N–H and O–H groups in total. The molecule has 224 valence electrons. The summed E-state index contributed by atoms with van der Waals surface area (Å²) in [6.45, 7) is 24.7. The molecule has 0 spiro atoms. The minimum absolute atomic E-state index is 1.09. The van der Waals surface area contributed by atoms with Gasteiger partial charge in [-0.15, -0.1) is 0 Å². The Hall–Kier alpha value is -2.34. The maximum absolute atomic E-state index is 2.32. The van der Waals surface area contributed by atoms with Crippen LogP contribution in [0, 0.1) is 5.92 Å². The second kappa shape index (κ2) is 40.2. The molecular formula is C39H68. The van der Waals surface area contributed by atoms with Crippen LogP contribution in [0.4, 0.5) is 0 Å². The van der Waals surface area contributed by atoms with Crippen LogP contribution in [0.2, 0.25) is 0 Å². The number of aryl methyl sites for hydroxylation is 1. The van der Waals surface area contributed by atoms with Gasteiger partial charge in [-0.2, -0.15) is 0 Å². The molecule has 0 nitrogen and oxygen atoms in total. The van der Waals surface area contributed by atoms with E-state index in [0.29, 0.717) is 0 Å². The van der Waals surface area contributed by atoms with Crippen molar-refractivity contribution < 1.29 is 0 Å². The van der Waals surface area contributed by atoms with Crippen molar-refractivity contribution in [3.05, 3.63) is 96.6 Å². The van der Waals surface area contributed by atoms with Gasteiger partial charge in [0.15, 0.2) is 0 Å². The Morgan fingerprint density at radius 2 is 0.769 bits per heavy atom. The van der Waals surface area contributed by atoms with Crippen LogP contribution in [0.1, 0.15) is 134 Å². The van der Waals surface area contributed by atoms with Gasteiger partial charge in [0.05, 0.1) is 0 Å². The lowest BCUT2D eigenvalue weighted by atomic mass is 9.88. The highest BCUT2D eigenvalue weighted by atomic mass is 14.2. The molecule has 1 fully saturated rings. The van der Waals surface area contributed by atoms with Crippen LogP contribution >= 0.6 is 0 Å². The second-order valence-corrected chi connectivity index (χ2v) is 8.19. The number of hydrogen-bond acceptors (Lipinski definition) is 0. The zero-order chi connectivity index (χ0) is 30.6. The molecule has 1 saturated carbocycles. The molecule has 0 bridgehead atoms. The molecule has 3 aromatic carbocycles. The van der Waals surface area contributed by atoms with Gasteiger partial charge in [-0.1, -0.05) is 219 Å². The van der Waals surface area contributed by atoms with Crippen molar-refractivity contribution in [2.75, 3.05) is 0 Å². The van der Waals surface area contributed by atoms with Crippen molar-refractivity contribution in [3.63, 3.8) is 0 Å². The van der Waals surface area contributed by atoms with Crippen LogP contribution in [-0.4, -0.2) is 0 Å². The molecule has 0 amide bonds. The van der Waals surface area contributed by atoms with Gasteiger partial charge in [0.25, 0.3) is 0 Å². The zero-order valence-electron chi connectivity index (χ0n) is 28.4. The summed E-state index contributed by atoms with van der Waals surface area (Å²) in [5.41, 5.74) is 3.96. The first-order chi connectivity index (χ1) is 19.2. The van der Waals surface area contributed by atoms with Crippen LogP contribution in [-0.2, 0) is 6.42 Å². The summed E-state index contributed by atoms with van der Waals surface area (Å²) in [7, 11) is 0. The van der Waals surface area contributed by atoms with Crippen molar-refractivity contribution in [3.8, 4) is 11.1 Å². The maximum atomic E-state index is 2.32. The first-order valence-corrected chi connectivity index (χ1v) is 16.4. The number of hydrogen-bond donors (Lipinski definition) is 0. The standard InChI is InChI=1S/C12H10.C8H16.C8H10.C3H8.4C2H6/c1-3-7-11(8-4-1)12-9-5-2-6-10-12;2*1-2-8-6-4-3-5-7-8;1-3-2;4*1-2/h1-10H;8H,2-7H2,1H3;3-7H,2H2,1H3;3H2,1-2H3;4*1-2H3. The minimum atomic E-state index is 1.09. The van der Waals surface area contributed by atoms with Crippen molar-refractivity contribution in [2.45, 2.75) is 134 Å². The van der Waals surface area contributed by atoms with Crippen LogP contribution in [0.3, 0.4) is 0 Å². The molecule has 4 rings (SSSR count). The van der Waals surface area contributed by atoms with Gasteiger partial charge in [-0.3, -0.25) is 0 Å².